The molecule has 0 spiro atoms. The second kappa shape index (κ2) is 8.72. The Kier molecular flexibility index (Phi) is 6.86. The standard InChI is InChI=1S/C19H35N3O7/c1-8(2)6-11(23)22-10-7-9(3)27-18-19(10,26)29-16-13(21-5)14(24)12(20-4)15(25)17(16)28-18/h8-10,12-18,20-21,24-26H,6-7H2,1-5H3,(H,22,23)/t9-,10-,12-,13+,14+,15-,16?,17?,18?,19+/m1/s1. The van der Waals surface area contributed by atoms with Gasteiger partial charge in [-0.1, -0.05) is 13.8 Å². The maximum Gasteiger partial charge on any atom is 0.239 e. The highest BCUT2D eigenvalue weighted by Gasteiger charge is 2.63. The number of nitrogens with one attached hydrogen (secondary N) is 3. The first kappa shape index (κ1) is 22.8. The number of rotatable bonds is 5. The van der Waals surface area contributed by atoms with Crippen molar-refractivity contribution in [2.75, 3.05) is 14.1 Å². The summed E-state index contributed by atoms with van der Waals surface area (Å²) in [5.74, 6) is -1.97. The molecule has 3 unspecified atom stereocenters. The first-order valence-corrected chi connectivity index (χ1v) is 10.3. The number of ether oxygens (including phenoxy) is 3. The summed E-state index contributed by atoms with van der Waals surface area (Å²) in [6.45, 7) is 5.70. The van der Waals surface area contributed by atoms with Crippen LogP contribution in [0.5, 0.6) is 0 Å². The van der Waals surface area contributed by atoms with E-state index in [4.69, 9.17) is 14.2 Å². The lowest BCUT2D eigenvalue weighted by Crippen LogP contribution is -2.79. The molecule has 3 fully saturated rings. The zero-order valence-corrected chi connectivity index (χ0v) is 17.7. The quantitative estimate of drug-likeness (QED) is 0.301. The van der Waals surface area contributed by atoms with Crippen LogP contribution in [0.15, 0.2) is 0 Å². The van der Waals surface area contributed by atoms with Gasteiger partial charge in [0.25, 0.3) is 0 Å². The normalized spacial score (nSPS) is 47.4. The number of carbonyl (C=O) groups excluding carboxylic acids is 1. The minimum atomic E-state index is -1.94. The fourth-order valence-corrected chi connectivity index (χ4v) is 4.64. The summed E-state index contributed by atoms with van der Waals surface area (Å²) in [5, 5.41) is 41.6. The molecule has 1 saturated carbocycles. The van der Waals surface area contributed by atoms with Gasteiger partial charge in [0.05, 0.1) is 30.3 Å². The van der Waals surface area contributed by atoms with Gasteiger partial charge in [-0.2, -0.15) is 0 Å². The molecule has 2 heterocycles. The van der Waals surface area contributed by atoms with Crippen LogP contribution in [0.25, 0.3) is 0 Å². The molecule has 29 heavy (non-hydrogen) atoms. The Bertz CT molecular complexity index is 594. The highest BCUT2D eigenvalue weighted by Crippen LogP contribution is 2.41. The minimum absolute atomic E-state index is 0.168. The maximum absolute atomic E-state index is 12.4. The van der Waals surface area contributed by atoms with Gasteiger partial charge in [-0.15, -0.1) is 0 Å². The predicted molar refractivity (Wildman–Crippen MR) is 103 cm³/mol. The van der Waals surface area contributed by atoms with Crippen LogP contribution >= 0.6 is 0 Å². The molecule has 10 heteroatoms. The third-order valence-electron chi connectivity index (χ3n) is 6.08. The highest BCUT2D eigenvalue weighted by molar-refractivity contribution is 5.76. The molecular formula is C19H35N3O7. The molecule has 2 saturated heterocycles. The molecule has 0 aromatic carbocycles. The SMILES string of the molecule is CN[C@@H]1[C@H](O)[C@H](NC)C2O[C@]3(O)C(OC2[C@@H]1O)O[C@H](C)C[C@H]3NC(=O)CC(C)C. The van der Waals surface area contributed by atoms with Crippen molar-refractivity contribution in [3.63, 3.8) is 0 Å². The van der Waals surface area contributed by atoms with Gasteiger partial charge in [-0.05, 0) is 33.4 Å². The molecule has 0 bridgehead atoms. The Morgan fingerprint density at radius 2 is 1.76 bits per heavy atom. The number of aliphatic hydroxyl groups excluding tert-OH is 2. The number of amides is 1. The van der Waals surface area contributed by atoms with Crippen molar-refractivity contribution in [1.82, 2.24) is 16.0 Å². The van der Waals surface area contributed by atoms with Gasteiger partial charge in [-0.3, -0.25) is 4.79 Å². The predicted octanol–water partition coefficient (Wildman–Crippen LogP) is -1.96. The molecule has 1 amide bonds. The lowest BCUT2D eigenvalue weighted by molar-refractivity contribution is -0.449. The summed E-state index contributed by atoms with van der Waals surface area (Å²) in [4.78, 5) is 12.4. The Hall–Kier alpha value is -0.850. The van der Waals surface area contributed by atoms with Gasteiger partial charge in [0.1, 0.15) is 18.3 Å². The summed E-state index contributed by atoms with van der Waals surface area (Å²) in [5.41, 5.74) is 0. The Balaban J connectivity index is 1.87. The topological polar surface area (TPSA) is 142 Å². The first-order chi connectivity index (χ1) is 13.6. The summed E-state index contributed by atoms with van der Waals surface area (Å²) in [6, 6.07) is -2.01. The van der Waals surface area contributed by atoms with E-state index in [1.165, 1.54) is 0 Å². The number of likely N-dealkylation sites (N-methyl/N-ethyl adjacent to an activating group) is 2. The van der Waals surface area contributed by atoms with Crippen LogP contribution in [0.2, 0.25) is 0 Å². The summed E-state index contributed by atoms with van der Waals surface area (Å²) < 4.78 is 17.8. The number of carbonyl (C=O) groups is 1. The first-order valence-electron chi connectivity index (χ1n) is 10.3. The van der Waals surface area contributed by atoms with Crippen LogP contribution in [0.3, 0.4) is 0 Å². The van der Waals surface area contributed by atoms with Gasteiger partial charge >= 0.3 is 0 Å². The fourth-order valence-electron chi connectivity index (χ4n) is 4.64. The smallest absolute Gasteiger partial charge is 0.239 e. The molecule has 2 aliphatic heterocycles. The third kappa shape index (κ3) is 4.17. The van der Waals surface area contributed by atoms with Gasteiger partial charge in [0.15, 0.2) is 0 Å². The van der Waals surface area contributed by atoms with E-state index >= 15 is 0 Å². The number of fused-ring (bicyclic) bond motifs is 2. The van der Waals surface area contributed by atoms with E-state index in [9.17, 15) is 20.1 Å². The van der Waals surface area contributed by atoms with Crippen molar-refractivity contribution >= 4 is 5.91 Å². The van der Waals surface area contributed by atoms with Crippen molar-refractivity contribution in [3.8, 4) is 0 Å². The summed E-state index contributed by atoms with van der Waals surface area (Å²) in [7, 11) is 3.31. The Morgan fingerprint density at radius 3 is 2.34 bits per heavy atom. The van der Waals surface area contributed by atoms with Crippen molar-refractivity contribution in [3.05, 3.63) is 0 Å². The summed E-state index contributed by atoms with van der Waals surface area (Å²) >= 11 is 0. The van der Waals surface area contributed by atoms with E-state index in [1.807, 2.05) is 20.8 Å². The van der Waals surface area contributed by atoms with E-state index in [1.54, 1.807) is 14.1 Å². The van der Waals surface area contributed by atoms with Crippen LogP contribution in [0.4, 0.5) is 0 Å². The van der Waals surface area contributed by atoms with E-state index in [0.29, 0.717) is 12.8 Å². The lowest BCUT2D eigenvalue weighted by Gasteiger charge is -2.58. The lowest BCUT2D eigenvalue weighted by atomic mass is 9.79. The van der Waals surface area contributed by atoms with Crippen LogP contribution in [-0.2, 0) is 19.0 Å². The monoisotopic (exact) mass is 417 g/mol. The van der Waals surface area contributed by atoms with Crippen molar-refractivity contribution in [2.24, 2.45) is 5.92 Å². The van der Waals surface area contributed by atoms with Crippen molar-refractivity contribution in [1.29, 1.82) is 0 Å². The van der Waals surface area contributed by atoms with Crippen molar-refractivity contribution in [2.45, 2.75) is 94.3 Å². The Morgan fingerprint density at radius 1 is 1.10 bits per heavy atom. The third-order valence-corrected chi connectivity index (χ3v) is 6.08. The number of hydrogen-bond donors (Lipinski definition) is 6. The van der Waals surface area contributed by atoms with Crippen LogP contribution in [0, 0.1) is 5.92 Å². The second-order valence-corrected chi connectivity index (χ2v) is 8.78. The largest absolute Gasteiger partial charge is 0.390 e. The molecule has 6 N–H and O–H groups in total. The molecule has 3 rings (SSSR count). The molecule has 0 radical (unpaired) electrons. The molecular weight excluding hydrogens is 382 g/mol. The minimum Gasteiger partial charge on any atom is -0.390 e. The van der Waals surface area contributed by atoms with E-state index in [0.717, 1.165) is 0 Å². The molecule has 3 aliphatic rings. The number of aliphatic hydroxyl groups is 3. The molecule has 10 atom stereocenters. The fraction of sp³-hybridized carbons (Fsp3) is 0.947. The average Bonchev–Trinajstić information content (AvgIpc) is 2.62. The molecule has 0 aromatic rings. The maximum atomic E-state index is 12.4. The van der Waals surface area contributed by atoms with E-state index in [2.05, 4.69) is 16.0 Å². The molecule has 1 aliphatic carbocycles. The molecule has 0 aromatic heterocycles. The zero-order chi connectivity index (χ0) is 21.5. The Labute approximate surface area is 171 Å². The van der Waals surface area contributed by atoms with Crippen molar-refractivity contribution < 1.29 is 34.3 Å². The highest BCUT2D eigenvalue weighted by atomic mass is 16.8. The van der Waals surface area contributed by atoms with E-state index < -0.39 is 54.6 Å². The molecule has 10 nitrogen and oxygen atoms in total. The van der Waals surface area contributed by atoms with Gasteiger partial charge < -0.3 is 45.5 Å². The summed E-state index contributed by atoms with van der Waals surface area (Å²) in [6.07, 6.45) is -4.57. The van der Waals surface area contributed by atoms with Gasteiger partial charge in [-0.25, -0.2) is 0 Å². The van der Waals surface area contributed by atoms with Crippen LogP contribution in [0.1, 0.15) is 33.6 Å². The second-order valence-electron chi connectivity index (χ2n) is 8.78. The molecule has 168 valence electrons. The van der Waals surface area contributed by atoms with Crippen LogP contribution in [-0.4, -0.2) is 96.0 Å². The van der Waals surface area contributed by atoms with Gasteiger partial charge in [0.2, 0.25) is 18.0 Å². The van der Waals surface area contributed by atoms with Crippen LogP contribution < -0.4 is 16.0 Å². The average molecular weight is 418 g/mol. The number of hydrogen-bond acceptors (Lipinski definition) is 9. The van der Waals surface area contributed by atoms with E-state index in [-0.39, 0.29) is 17.9 Å². The zero-order valence-electron chi connectivity index (χ0n) is 17.7. The van der Waals surface area contributed by atoms with Gasteiger partial charge in [0, 0.05) is 6.42 Å².